The second-order valence-electron chi connectivity index (χ2n) is 4.97. The quantitative estimate of drug-likeness (QED) is 0.262. The molecule has 2 rings (SSSR count). The Morgan fingerprint density at radius 1 is 1.47 bits per heavy atom. The van der Waals surface area contributed by atoms with Crippen molar-refractivity contribution in [3.63, 3.8) is 0 Å². The summed E-state index contributed by atoms with van der Waals surface area (Å²) < 4.78 is 10.9. The molecule has 0 spiro atoms. The summed E-state index contributed by atoms with van der Waals surface area (Å²) in [5.41, 5.74) is 5.74. The molecule has 17 heavy (non-hydrogen) atoms. The number of ether oxygens (including phenoxy) is 2. The second-order valence-corrected chi connectivity index (χ2v) is 4.97. The number of rotatable bonds is 6. The normalized spacial score (nSPS) is 28.0. The standard InChI is InChI=1S/C11H21N3O3/c12-10(14-15)5-11(1-2-11)8-13-6-9-7-16-3-4-17-9/h9,13,15H,1-8H2,(H2,12,14). The number of hydrogen-bond donors (Lipinski definition) is 3. The Balaban J connectivity index is 1.64. The van der Waals surface area contributed by atoms with E-state index in [4.69, 9.17) is 20.4 Å². The molecule has 0 bridgehead atoms. The van der Waals surface area contributed by atoms with E-state index in [9.17, 15) is 0 Å². The van der Waals surface area contributed by atoms with Gasteiger partial charge in [-0.25, -0.2) is 0 Å². The molecule has 98 valence electrons. The van der Waals surface area contributed by atoms with Gasteiger partial charge in [-0.15, -0.1) is 0 Å². The molecule has 0 amide bonds. The van der Waals surface area contributed by atoms with Gasteiger partial charge in [-0.3, -0.25) is 0 Å². The van der Waals surface area contributed by atoms with Gasteiger partial charge in [0.1, 0.15) is 5.84 Å². The fourth-order valence-electron chi connectivity index (χ4n) is 2.17. The van der Waals surface area contributed by atoms with Crippen LogP contribution in [0.5, 0.6) is 0 Å². The van der Waals surface area contributed by atoms with E-state index in [1.165, 1.54) is 0 Å². The van der Waals surface area contributed by atoms with Crippen LogP contribution in [0.4, 0.5) is 0 Å². The third kappa shape index (κ3) is 3.83. The van der Waals surface area contributed by atoms with E-state index in [2.05, 4.69) is 10.5 Å². The lowest BCUT2D eigenvalue weighted by atomic mass is 10.0. The lowest BCUT2D eigenvalue weighted by molar-refractivity contribution is -0.0865. The minimum atomic E-state index is 0.156. The third-order valence-corrected chi connectivity index (χ3v) is 3.40. The molecule has 1 unspecified atom stereocenters. The van der Waals surface area contributed by atoms with Crippen LogP contribution >= 0.6 is 0 Å². The zero-order valence-electron chi connectivity index (χ0n) is 10.0. The molecule has 1 aliphatic heterocycles. The number of nitrogens with zero attached hydrogens (tertiary/aromatic N) is 1. The van der Waals surface area contributed by atoms with Gasteiger partial charge in [0.15, 0.2) is 0 Å². The molecule has 0 radical (unpaired) electrons. The smallest absolute Gasteiger partial charge is 0.139 e. The molecule has 1 aliphatic carbocycles. The zero-order valence-corrected chi connectivity index (χ0v) is 10.0. The van der Waals surface area contributed by atoms with E-state index >= 15 is 0 Å². The van der Waals surface area contributed by atoms with Crippen LogP contribution in [-0.4, -0.2) is 50.1 Å². The zero-order chi connectivity index (χ0) is 12.1. The van der Waals surface area contributed by atoms with E-state index in [1.807, 2.05) is 0 Å². The highest BCUT2D eigenvalue weighted by molar-refractivity contribution is 5.80. The van der Waals surface area contributed by atoms with Crippen LogP contribution in [0, 0.1) is 5.41 Å². The van der Waals surface area contributed by atoms with Gasteiger partial charge in [0, 0.05) is 19.5 Å². The van der Waals surface area contributed by atoms with Crippen LogP contribution in [-0.2, 0) is 9.47 Å². The molecule has 6 heteroatoms. The van der Waals surface area contributed by atoms with Gasteiger partial charge in [-0.05, 0) is 18.3 Å². The Kier molecular flexibility index (Phi) is 4.20. The average Bonchev–Trinajstić information content (AvgIpc) is 3.10. The van der Waals surface area contributed by atoms with Crippen LogP contribution in [0.3, 0.4) is 0 Å². The number of amidine groups is 1. The SMILES string of the molecule is NC(CC1(CNCC2COCCO2)CC1)=NO. The first kappa shape index (κ1) is 12.6. The highest BCUT2D eigenvalue weighted by Gasteiger charge is 2.42. The Hall–Kier alpha value is -0.850. The molecule has 4 N–H and O–H groups in total. The molecule has 2 aliphatic rings. The fraction of sp³-hybridized carbons (Fsp3) is 0.909. The molecular weight excluding hydrogens is 222 g/mol. The summed E-state index contributed by atoms with van der Waals surface area (Å²) in [6.07, 6.45) is 3.10. The summed E-state index contributed by atoms with van der Waals surface area (Å²) in [6.45, 7) is 3.74. The lowest BCUT2D eigenvalue weighted by Crippen LogP contribution is -2.39. The van der Waals surface area contributed by atoms with Crippen LogP contribution < -0.4 is 11.1 Å². The fourth-order valence-corrected chi connectivity index (χ4v) is 2.17. The highest BCUT2D eigenvalue weighted by Crippen LogP contribution is 2.48. The van der Waals surface area contributed by atoms with E-state index < -0.39 is 0 Å². The maximum absolute atomic E-state index is 8.56. The minimum Gasteiger partial charge on any atom is -0.409 e. The number of oxime groups is 1. The van der Waals surface area contributed by atoms with E-state index in [1.54, 1.807) is 0 Å². The van der Waals surface area contributed by atoms with Gasteiger partial charge in [-0.2, -0.15) is 0 Å². The Morgan fingerprint density at radius 3 is 2.88 bits per heavy atom. The maximum atomic E-state index is 8.56. The minimum absolute atomic E-state index is 0.156. The van der Waals surface area contributed by atoms with Gasteiger partial charge in [0.05, 0.1) is 25.9 Å². The van der Waals surface area contributed by atoms with Gasteiger partial charge < -0.3 is 25.7 Å². The third-order valence-electron chi connectivity index (χ3n) is 3.40. The summed E-state index contributed by atoms with van der Waals surface area (Å²) >= 11 is 0. The molecule has 0 aromatic rings. The molecule has 1 saturated carbocycles. The van der Waals surface area contributed by atoms with Crippen molar-refractivity contribution >= 4 is 5.84 Å². The van der Waals surface area contributed by atoms with Crippen molar-refractivity contribution in [1.82, 2.24) is 5.32 Å². The Bertz CT molecular complexity index is 273. The van der Waals surface area contributed by atoms with Gasteiger partial charge in [0.2, 0.25) is 0 Å². The predicted molar refractivity (Wildman–Crippen MR) is 63.1 cm³/mol. The first-order chi connectivity index (χ1) is 8.24. The van der Waals surface area contributed by atoms with Crippen molar-refractivity contribution in [2.45, 2.75) is 25.4 Å². The predicted octanol–water partition coefficient (Wildman–Crippen LogP) is -0.0919. The Labute approximate surface area is 101 Å². The summed E-state index contributed by atoms with van der Waals surface area (Å²) in [5, 5.41) is 15.0. The van der Waals surface area contributed by atoms with Gasteiger partial charge >= 0.3 is 0 Å². The number of nitrogens with two attached hydrogens (primary N) is 1. The second kappa shape index (κ2) is 5.66. The van der Waals surface area contributed by atoms with Gasteiger partial charge in [0.25, 0.3) is 0 Å². The first-order valence-corrected chi connectivity index (χ1v) is 6.11. The van der Waals surface area contributed by atoms with Crippen molar-refractivity contribution in [1.29, 1.82) is 0 Å². The van der Waals surface area contributed by atoms with Crippen LogP contribution in [0.1, 0.15) is 19.3 Å². The highest BCUT2D eigenvalue weighted by atomic mass is 16.6. The van der Waals surface area contributed by atoms with Crippen molar-refractivity contribution in [3.05, 3.63) is 0 Å². The van der Waals surface area contributed by atoms with Crippen molar-refractivity contribution < 1.29 is 14.7 Å². The Morgan fingerprint density at radius 2 is 2.29 bits per heavy atom. The number of nitrogens with one attached hydrogen (secondary N) is 1. The molecule has 1 atom stereocenters. The lowest BCUT2D eigenvalue weighted by Gasteiger charge is -2.24. The molecule has 1 saturated heterocycles. The van der Waals surface area contributed by atoms with E-state index in [0.29, 0.717) is 32.1 Å². The summed E-state index contributed by atoms with van der Waals surface area (Å²) in [4.78, 5) is 0. The van der Waals surface area contributed by atoms with E-state index in [-0.39, 0.29) is 11.5 Å². The first-order valence-electron chi connectivity index (χ1n) is 6.11. The monoisotopic (exact) mass is 243 g/mol. The van der Waals surface area contributed by atoms with Crippen LogP contribution in [0.15, 0.2) is 5.16 Å². The van der Waals surface area contributed by atoms with Crippen LogP contribution in [0.25, 0.3) is 0 Å². The molecule has 0 aromatic carbocycles. The van der Waals surface area contributed by atoms with Crippen LogP contribution in [0.2, 0.25) is 0 Å². The van der Waals surface area contributed by atoms with Gasteiger partial charge in [-0.1, -0.05) is 5.16 Å². The number of hydrogen-bond acceptors (Lipinski definition) is 5. The summed E-state index contributed by atoms with van der Waals surface area (Å²) in [6, 6.07) is 0. The maximum Gasteiger partial charge on any atom is 0.139 e. The van der Waals surface area contributed by atoms with E-state index in [0.717, 1.165) is 25.9 Å². The van der Waals surface area contributed by atoms with Crippen molar-refractivity contribution in [2.24, 2.45) is 16.3 Å². The molecule has 6 nitrogen and oxygen atoms in total. The average molecular weight is 243 g/mol. The summed E-state index contributed by atoms with van der Waals surface area (Å²) in [7, 11) is 0. The topological polar surface area (TPSA) is 89.1 Å². The van der Waals surface area contributed by atoms with Crippen molar-refractivity contribution in [3.8, 4) is 0 Å². The molecule has 0 aromatic heterocycles. The van der Waals surface area contributed by atoms with Crippen molar-refractivity contribution in [2.75, 3.05) is 32.9 Å². The molecular formula is C11H21N3O3. The molecule has 1 heterocycles. The molecule has 2 fully saturated rings. The summed E-state index contributed by atoms with van der Waals surface area (Å²) in [5.74, 6) is 0.321. The largest absolute Gasteiger partial charge is 0.409 e.